The lowest BCUT2D eigenvalue weighted by Crippen LogP contribution is -2.32. The van der Waals surface area contributed by atoms with E-state index in [1.165, 1.54) is 16.8 Å². The molecular weight excluding hydrogens is 444 g/mol. The van der Waals surface area contributed by atoms with Crippen molar-refractivity contribution in [2.24, 2.45) is 11.0 Å². The number of fused-ring (bicyclic) bond motifs is 1. The third-order valence-electron chi connectivity index (χ3n) is 7.23. The van der Waals surface area contributed by atoms with Gasteiger partial charge in [0.25, 0.3) is 5.91 Å². The largest absolute Gasteiger partial charge is 0.378 e. The fourth-order valence-electron chi connectivity index (χ4n) is 5.25. The molecule has 1 saturated carbocycles. The van der Waals surface area contributed by atoms with Gasteiger partial charge in [0.2, 0.25) is 0 Å². The number of nitrogens with zero attached hydrogens (tertiary/aromatic N) is 4. The normalized spacial score (nSPS) is 20.2. The molecule has 0 saturated heterocycles. The van der Waals surface area contributed by atoms with Crippen LogP contribution < -0.4 is 9.80 Å². The predicted octanol–water partition coefficient (Wildman–Crippen LogP) is 6.26. The molecule has 5 nitrogen and oxygen atoms in total. The van der Waals surface area contributed by atoms with Crippen LogP contribution in [-0.4, -0.2) is 44.8 Å². The maximum atomic E-state index is 13.7. The number of anilines is 2. The van der Waals surface area contributed by atoms with Crippen molar-refractivity contribution in [3.8, 4) is 0 Å². The highest BCUT2D eigenvalue weighted by Crippen LogP contribution is 2.45. The Balaban J connectivity index is 1.54. The molecule has 0 unspecified atom stereocenters. The van der Waals surface area contributed by atoms with E-state index in [9.17, 15) is 4.79 Å². The van der Waals surface area contributed by atoms with Gasteiger partial charge >= 0.3 is 0 Å². The van der Waals surface area contributed by atoms with E-state index < -0.39 is 0 Å². The summed E-state index contributed by atoms with van der Waals surface area (Å²) < 4.78 is 0. The molecule has 0 aromatic heterocycles. The van der Waals surface area contributed by atoms with E-state index in [1.807, 2.05) is 44.4 Å². The molecule has 1 amide bonds. The molecule has 1 heterocycles. The summed E-state index contributed by atoms with van der Waals surface area (Å²) in [5.74, 6) is 0.137. The molecule has 3 aromatic rings. The molecule has 36 heavy (non-hydrogen) atoms. The Morgan fingerprint density at radius 3 is 2.08 bits per heavy atom. The van der Waals surface area contributed by atoms with Crippen LogP contribution in [0.3, 0.4) is 0 Å². The average Bonchev–Trinajstić information content (AvgIpc) is 3.30. The van der Waals surface area contributed by atoms with Crippen molar-refractivity contribution in [3.05, 3.63) is 101 Å². The first-order valence-corrected chi connectivity index (χ1v) is 12.6. The lowest BCUT2D eigenvalue weighted by molar-refractivity contribution is 0.0681. The fourth-order valence-corrected chi connectivity index (χ4v) is 5.25. The second-order valence-electron chi connectivity index (χ2n) is 10.1. The molecule has 5 heteroatoms. The van der Waals surface area contributed by atoms with Crippen LogP contribution in [0.1, 0.15) is 46.8 Å². The first-order chi connectivity index (χ1) is 17.4. The summed E-state index contributed by atoms with van der Waals surface area (Å²) in [4.78, 5) is 17.9. The van der Waals surface area contributed by atoms with E-state index in [4.69, 9.17) is 5.10 Å². The van der Waals surface area contributed by atoms with Crippen molar-refractivity contribution < 1.29 is 4.79 Å². The third-order valence-corrected chi connectivity index (χ3v) is 7.23. The van der Waals surface area contributed by atoms with Gasteiger partial charge in [-0.3, -0.25) is 4.79 Å². The summed E-state index contributed by atoms with van der Waals surface area (Å²) in [6.45, 7) is 0. The summed E-state index contributed by atoms with van der Waals surface area (Å²) in [6.07, 6.45) is 5.34. The zero-order valence-corrected chi connectivity index (χ0v) is 21.6. The Kier molecular flexibility index (Phi) is 6.64. The number of hydrogen-bond donors (Lipinski definition) is 0. The Labute approximate surface area is 214 Å². The van der Waals surface area contributed by atoms with Crippen LogP contribution in [0.2, 0.25) is 0 Å². The Hall–Kier alpha value is -3.86. The Bertz CT molecular complexity index is 1270. The monoisotopic (exact) mass is 478 g/mol. The number of carbonyl (C=O) groups is 1. The van der Waals surface area contributed by atoms with Crippen LogP contribution in [0.4, 0.5) is 11.4 Å². The first kappa shape index (κ1) is 23.9. The van der Waals surface area contributed by atoms with Crippen molar-refractivity contribution in [1.82, 2.24) is 5.01 Å². The van der Waals surface area contributed by atoms with Gasteiger partial charge in [0.1, 0.15) is 0 Å². The number of benzene rings is 3. The molecule has 0 bridgehead atoms. The van der Waals surface area contributed by atoms with Crippen LogP contribution >= 0.6 is 0 Å². The van der Waals surface area contributed by atoms with Gasteiger partial charge < -0.3 is 9.80 Å². The third kappa shape index (κ3) is 4.66. The van der Waals surface area contributed by atoms with Gasteiger partial charge in [-0.15, -0.1) is 0 Å². The molecule has 2 atom stereocenters. The van der Waals surface area contributed by atoms with E-state index in [0.29, 0.717) is 5.56 Å². The highest BCUT2D eigenvalue weighted by Gasteiger charge is 2.43. The molecule has 2 aliphatic rings. The van der Waals surface area contributed by atoms with Crippen molar-refractivity contribution in [2.75, 3.05) is 38.0 Å². The molecule has 5 rings (SSSR count). The quantitative estimate of drug-likeness (QED) is 0.435. The number of amides is 1. The minimum Gasteiger partial charge on any atom is -0.378 e. The van der Waals surface area contributed by atoms with Gasteiger partial charge in [-0.05, 0) is 78.4 Å². The second kappa shape index (κ2) is 10.0. The van der Waals surface area contributed by atoms with Crippen molar-refractivity contribution in [3.63, 3.8) is 0 Å². The number of carbonyl (C=O) groups excluding carboxylic acids is 1. The van der Waals surface area contributed by atoms with Gasteiger partial charge in [-0.1, -0.05) is 42.5 Å². The lowest BCUT2D eigenvalue weighted by Gasteiger charge is -2.30. The van der Waals surface area contributed by atoms with Crippen molar-refractivity contribution in [2.45, 2.75) is 25.3 Å². The zero-order valence-electron chi connectivity index (χ0n) is 21.6. The SMILES string of the molecule is CN(C)c1ccc(/C=C2\CCC[C@H]3C2=NN(C(=O)c2ccccc2)[C@@H]3c2ccc(N(C)C)cc2)cc1. The second-order valence-corrected chi connectivity index (χ2v) is 10.1. The molecule has 0 N–H and O–H groups in total. The number of hydrazone groups is 1. The minimum atomic E-state index is -0.108. The molecular formula is C31H34N4O. The van der Waals surface area contributed by atoms with Crippen molar-refractivity contribution >= 4 is 29.1 Å². The minimum absolute atomic E-state index is 0.0473. The van der Waals surface area contributed by atoms with Gasteiger partial charge in [-0.2, -0.15) is 5.10 Å². The summed E-state index contributed by atoms with van der Waals surface area (Å²) in [5.41, 5.74) is 7.58. The lowest BCUT2D eigenvalue weighted by atomic mass is 9.77. The molecule has 0 spiro atoms. The van der Waals surface area contributed by atoms with Crippen LogP contribution in [-0.2, 0) is 0 Å². The summed E-state index contributed by atoms with van der Waals surface area (Å²) in [6, 6.07) is 26.6. The van der Waals surface area contributed by atoms with Gasteiger partial charge in [0, 0.05) is 51.0 Å². The van der Waals surface area contributed by atoms with Gasteiger partial charge in [-0.25, -0.2) is 5.01 Å². The first-order valence-electron chi connectivity index (χ1n) is 12.6. The number of allylic oxidation sites excluding steroid dienone is 1. The molecule has 0 radical (unpaired) electrons. The number of hydrogen-bond acceptors (Lipinski definition) is 4. The summed E-state index contributed by atoms with van der Waals surface area (Å²) in [5, 5.41) is 6.78. The number of rotatable bonds is 5. The van der Waals surface area contributed by atoms with Crippen LogP contribution in [0.25, 0.3) is 6.08 Å². The summed E-state index contributed by atoms with van der Waals surface area (Å²) in [7, 11) is 8.19. The smallest absolute Gasteiger partial charge is 0.274 e. The molecule has 1 aliphatic carbocycles. The average molecular weight is 479 g/mol. The molecule has 3 aromatic carbocycles. The fraction of sp³-hybridized carbons (Fsp3) is 0.290. The summed E-state index contributed by atoms with van der Waals surface area (Å²) >= 11 is 0. The van der Waals surface area contributed by atoms with E-state index >= 15 is 0 Å². The van der Waals surface area contributed by atoms with Crippen LogP contribution in [0.15, 0.2) is 89.5 Å². The van der Waals surface area contributed by atoms with Crippen molar-refractivity contribution in [1.29, 1.82) is 0 Å². The van der Waals surface area contributed by atoms with Crippen LogP contribution in [0, 0.1) is 5.92 Å². The van der Waals surface area contributed by atoms with Gasteiger partial charge in [0.05, 0.1) is 11.8 Å². The zero-order chi connectivity index (χ0) is 25.2. The Morgan fingerprint density at radius 2 is 1.47 bits per heavy atom. The molecule has 1 fully saturated rings. The maximum Gasteiger partial charge on any atom is 0.274 e. The highest BCUT2D eigenvalue weighted by atomic mass is 16.2. The standard InChI is InChI=1S/C31H34N4O/c1-33(2)26-17-13-22(14-18-26)21-25-11-8-12-28-29(25)32-35(31(36)24-9-6-5-7-10-24)30(28)23-15-19-27(20-16-23)34(3)4/h5-7,9-10,13-21,28,30H,8,11-12H2,1-4H3/b25-21+/t28-,30+/m0/s1. The van der Waals surface area contributed by atoms with E-state index in [2.05, 4.69) is 78.5 Å². The predicted molar refractivity (Wildman–Crippen MR) is 150 cm³/mol. The highest BCUT2D eigenvalue weighted by molar-refractivity contribution is 6.09. The van der Waals surface area contributed by atoms with E-state index in [1.54, 1.807) is 5.01 Å². The topological polar surface area (TPSA) is 39.1 Å². The molecule has 184 valence electrons. The van der Waals surface area contributed by atoms with Crippen LogP contribution in [0.5, 0.6) is 0 Å². The Morgan fingerprint density at radius 1 is 0.861 bits per heavy atom. The van der Waals surface area contributed by atoms with E-state index in [0.717, 1.165) is 36.2 Å². The van der Waals surface area contributed by atoms with Gasteiger partial charge in [0.15, 0.2) is 0 Å². The maximum absolute atomic E-state index is 13.7. The van der Waals surface area contributed by atoms with E-state index in [-0.39, 0.29) is 17.9 Å². The molecule has 1 aliphatic heterocycles.